The smallest absolute Gasteiger partial charge is 0.336 e. The van der Waals surface area contributed by atoms with Gasteiger partial charge in [-0.25, -0.2) is 4.57 Å². The van der Waals surface area contributed by atoms with Crippen LogP contribution < -0.4 is 4.57 Å². The van der Waals surface area contributed by atoms with E-state index >= 15 is 0 Å². The summed E-state index contributed by atoms with van der Waals surface area (Å²) in [5.41, 5.74) is 5.35. The molecule has 0 aliphatic carbocycles. The van der Waals surface area contributed by atoms with Crippen molar-refractivity contribution in [3.05, 3.63) is 72.4 Å². The van der Waals surface area contributed by atoms with Crippen LogP contribution in [0.3, 0.4) is 0 Å². The number of oxazole rings is 1. The zero-order valence-electron chi connectivity index (χ0n) is 13.7. The summed E-state index contributed by atoms with van der Waals surface area (Å²) in [6.45, 7) is 2.15. The fourth-order valence-corrected chi connectivity index (χ4v) is 3.56. The zero-order valence-corrected chi connectivity index (χ0v) is 13.7. The molecule has 0 saturated heterocycles. The number of imidazole rings is 1. The topological polar surface area (TPSA) is 21.4 Å². The minimum absolute atomic E-state index is 0.862. The van der Waals surface area contributed by atoms with Crippen LogP contribution in [0.25, 0.3) is 39.0 Å². The molecule has 0 amide bonds. The van der Waals surface area contributed by atoms with Crippen LogP contribution in [0.1, 0.15) is 5.56 Å². The molecule has 116 valence electrons. The maximum absolute atomic E-state index is 6.13. The second kappa shape index (κ2) is 4.71. The van der Waals surface area contributed by atoms with E-state index in [1.807, 2.05) is 6.20 Å². The van der Waals surface area contributed by atoms with Crippen molar-refractivity contribution >= 4 is 27.6 Å². The summed E-state index contributed by atoms with van der Waals surface area (Å²) in [5, 5.41) is 2.42. The summed E-state index contributed by atoms with van der Waals surface area (Å²) < 4.78 is 10.5. The van der Waals surface area contributed by atoms with E-state index < -0.39 is 0 Å². The van der Waals surface area contributed by atoms with Gasteiger partial charge in [-0.15, -0.1) is 0 Å². The molecule has 0 N–H and O–H groups in total. The first kappa shape index (κ1) is 13.4. The summed E-state index contributed by atoms with van der Waals surface area (Å²) in [6.07, 6.45) is 2.05. The van der Waals surface area contributed by atoms with Gasteiger partial charge in [-0.05, 0) is 41.5 Å². The third-order valence-corrected chi connectivity index (χ3v) is 4.74. The molecule has 3 aromatic carbocycles. The second-order valence-electron chi connectivity index (χ2n) is 6.32. The molecule has 3 nitrogen and oxygen atoms in total. The Morgan fingerprint density at radius 2 is 1.62 bits per heavy atom. The fraction of sp³-hybridized carbons (Fsp3) is 0.0952. The van der Waals surface area contributed by atoms with Crippen LogP contribution in [0.2, 0.25) is 0 Å². The Bertz CT molecular complexity index is 1230. The first-order valence-corrected chi connectivity index (χ1v) is 8.11. The molecule has 5 aromatic rings. The van der Waals surface area contributed by atoms with E-state index in [4.69, 9.17) is 4.42 Å². The Labute approximate surface area is 139 Å². The summed E-state index contributed by atoms with van der Waals surface area (Å²) in [6, 6.07) is 21.2. The Kier molecular flexibility index (Phi) is 2.63. The van der Waals surface area contributed by atoms with Crippen molar-refractivity contribution in [1.29, 1.82) is 0 Å². The van der Waals surface area contributed by atoms with Gasteiger partial charge in [-0.2, -0.15) is 4.40 Å². The zero-order chi connectivity index (χ0) is 16.3. The van der Waals surface area contributed by atoms with Crippen molar-refractivity contribution in [1.82, 2.24) is 4.40 Å². The highest BCUT2D eigenvalue weighted by Gasteiger charge is 2.25. The first-order valence-electron chi connectivity index (χ1n) is 8.11. The van der Waals surface area contributed by atoms with E-state index in [0.29, 0.717) is 0 Å². The molecule has 2 heterocycles. The average molecular weight is 313 g/mol. The van der Waals surface area contributed by atoms with E-state index in [1.165, 1.54) is 21.9 Å². The lowest BCUT2D eigenvalue weighted by atomic mass is 10.1. The lowest BCUT2D eigenvalue weighted by Crippen LogP contribution is -2.28. The number of hydrogen-bond donors (Lipinski definition) is 0. The summed E-state index contributed by atoms with van der Waals surface area (Å²) in [5.74, 6) is 1.14. The van der Waals surface area contributed by atoms with Gasteiger partial charge in [0.05, 0.1) is 12.6 Å². The van der Waals surface area contributed by atoms with Crippen LogP contribution in [0.15, 0.2) is 71.3 Å². The van der Waals surface area contributed by atoms with Crippen molar-refractivity contribution in [3.63, 3.8) is 0 Å². The Balaban J connectivity index is 1.95. The molecular formula is C21H17N2O+. The highest BCUT2D eigenvalue weighted by Crippen LogP contribution is 2.30. The van der Waals surface area contributed by atoms with Gasteiger partial charge in [0.2, 0.25) is 0 Å². The van der Waals surface area contributed by atoms with Gasteiger partial charge >= 0.3 is 5.71 Å². The van der Waals surface area contributed by atoms with Crippen molar-refractivity contribution in [2.45, 2.75) is 6.92 Å². The average Bonchev–Trinajstić information content (AvgIpc) is 3.07. The Morgan fingerprint density at radius 3 is 2.42 bits per heavy atom. The summed E-state index contributed by atoms with van der Waals surface area (Å²) in [4.78, 5) is 0. The monoisotopic (exact) mass is 313 g/mol. The molecule has 0 fully saturated rings. The van der Waals surface area contributed by atoms with E-state index in [9.17, 15) is 0 Å². The second-order valence-corrected chi connectivity index (χ2v) is 6.32. The highest BCUT2D eigenvalue weighted by atomic mass is 16.3. The number of rotatable bonds is 1. The third-order valence-electron chi connectivity index (χ3n) is 4.74. The normalized spacial score (nSPS) is 11.8. The molecule has 0 atom stereocenters. The van der Waals surface area contributed by atoms with Gasteiger partial charge in [0.25, 0.3) is 5.82 Å². The Morgan fingerprint density at radius 1 is 0.917 bits per heavy atom. The molecule has 0 radical (unpaired) electrons. The van der Waals surface area contributed by atoms with Gasteiger partial charge in [-0.1, -0.05) is 42.5 Å². The van der Waals surface area contributed by atoms with E-state index in [0.717, 1.165) is 22.6 Å². The highest BCUT2D eigenvalue weighted by molar-refractivity contribution is 5.96. The van der Waals surface area contributed by atoms with Crippen LogP contribution in [0, 0.1) is 6.92 Å². The van der Waals surface area contributed by atoms with Crippen molar-refractivity contribution in [2.24, 2.45) is 7.05 Å². The number of hydrogen-bond acceptors (Lipinski definition) is 1. The molecule has 0 aliphatic heterocycles. The molecule has 5 rings (SSSR count). The molecule has 0 bridgehead atoms. The SMILES string of the molecule is Cc1ccccc1-c1n2c(c[n+]1C)oc1cc3ccccc3cc12. The summed E-state index contributed by atoms with van der Waals surface area (Å²) in [7, 11) is 2.07. The quantitative estimate of drug-likeness (QED) is 0.413. The van der Waals surface area contributed by atoms with Gasteiger partial charge in [-0.3, -0.25) is 0 Å². The largest absolute Gasteiger partial charge is 0.416 e. The molecule has 0 aliphatic rings. The Hall–Kier alpha value is -3.07. The van der Waals surface area contributed by atoms with Crippen LogP contribution in [0.4, 0.5) is 0 Å². The van der Waals surface area contributed by atoms with Crippen LogP contribution >= 0.6 is 0 Å². The van der Waals surface area contributed by atoms with E-state index in [-0.39, 0.29) is 0 Å². The van der Waals surface area contributed by atoms with E-state index in [2.05, 4.69) is 83.6 Å². The standard InChI is InChI=1S/C21H17N2O/c1-14-7-3-6-10-17(14)21-22(2)13-20-23(21)18-11-15-8-4-5-9-16(15)12-19(18)24-20/h3-13H,1-2H3/q+1. The molecule has 3 heteroatoms. The van der Waals surface area contributed by atoms with E-state index in [1.54, 1.807) is 0 Å². The number of aromatic nitrogens is 2. The van der Waals surface area contributed by atoms with Crippen molar-refractivity contribution in [2.75, 3.05) is 0 Å². The molecule has 2 aromatic heterocycles. The molecule has 0 unspecified atom stereocenters. The predicted octanol–water partition coefficient (Wildman–Crippen LogP) is 4.64. The minimum atomic E-state index is 0.862. The van der Waals surface area contributed by atoms with Gasteiger partial charge in [0.1, 0.15) is 0 Å². The maximum Gasteiger partial charge on any atom is 0.336 e. The minimum Gasteiger partial charge on any atom is -0.416 e. The number of benzene rings is 3. The van der Waals surface area contributed by atoms with Gasteiger partial charge < -0.3 is 4.42 Å². The fourth-order valence-electron chi connectivity index (χ4n) is 3.56. The van der Waals surface area contributed by atoms with Crippen LogP contribution in [0.5, 0.6) is 0 Å². The van der Waals surface area contributed by atoms with Crippen molar-refractivity contribution in [3.8, 4) is 11.4 Å². The van der Waals surface area contributed by atoms with Gasteiger partial charge in [0.15, 0.2) is 17.3 Å². The number of fused-ring (bicyclic) bond motifs is 4. The first-order chi connectivity index (χ1) is 11.7. The van der Waals surface area contributed by atoms with Crippen LogP contribution in [-0.4, -0.2) is 4.40 Å². The maximum atomic E-state index is 6.13. The third kappa shape index (κ3) is 1.75. The van der Waals surface area contributed by atoms with Gasteiger partial charge in [0, 0.05) is 0 Å². The number of nitrogens with zero attached hydrogens (tertiary/aromatic N) is 2. The number of aryl methyl sites for hydroxylation is 2. The summed E-state index contributed by atoms with van der Waals surface area (Å²) >= 11 is 0. The lowest BCUT2D eigenvalue weighted by Gasteiger charge is -2.02. The molecule has 0 spiro atoms. The molecule has 24 heavy (non-hydrogen) atoms. The molecular weight excluding hydrogens is 296 g/mol. The van der Waals surface area contributed by atoms with Crippen LogP contribution in [-0.2, 0) is 7.05 Å². The lowest BCUT2D eigenvalue weighted by molar-refractivity contribution is -0.658. The van der Waals surface area contributed by atoms with Crippen molar-refractivity contribution < 1.29 is 8.98 Å². The molecule has 0 saturated carbocycles. The predicted molar refractivity (Wildman–Crippen MR) is 96.0 cm³/mol.